The van der Waals surface area contributed by atoms with Crippen molar-refractivity contribution in [2.45, 2.75) is 6.54 Å². The lowest BCUT2D eigenvalue weighted by Crippen LogP contribution is -2.36. The van der Waals surface area contributed by atoms with E-state index in [-0.39, 0.29) is 36.0 Å². The van der Waals surface area contributed by atoms with E-state index in [1.54, 1.807) is 6.07 Å². The molecule has 2 aromatic carbocycles. The minimum absolute atomic E-state index is 0. The number of halogens is 2. The second-order valence-corrected chi connectivity index (χ2v) is 3.55. The molecule has 0 aliphatic heterocycles. The Hall–Kier alpha value is -1.92. The fourth-order valence-corrected chi connectivity index (χ4v) is 1.50. The van der Waals surface area contributed by atoms with Gasteiger partial charge in [-0.05, 0) is 6.07 Å². The van der Waals surface area contributed by atoms with Gasteiger partial charge in [0.2, 0.25) is 0 Å². The maximum Gasteiger partial charge on any atom is 0.253 e. The van der Waals surface area contributed by atoms with Crippen molar-refractivity contribution < 1.29 is 4.39 Å². The maximum atomic E-state index is 13.7. The molecule has 96 valence electrons. The van der Waals surface area contributed by atoms with Gasteiger partial charge in [0.15, 0.2) is 5.82 Å². The van der Waals surface area contributed by atoms with E-state index >= 15 is 0 Å². The van der Waals surface area contributed by atoms with Gasteiger partial charge in [-0.1, -0.05) is 12.1 Å². The molecular weight excluding hydrogens is 261 g/mol. The molecule has 18 heavy (non-hydrogen) atoms. The second kappa shape index (κ2) is 5.16. The minimum Gasteiger partial charge on any atom is -0.394 e. The first-order valence-corrected chi connectivity index (χ1v) is 4.89. The number of anilines is 3. The van der Waals surface area contributed by atoms with Crippen molar-refractivity contribution in [2.24, 2.45) is 5.73 Å². The van der Waals surface area contributed by atoms with Crippen molar-refractivity contribution in [3.05, 3.63) is 50.0 Å². The minimum atomic E-state index is -0.747. The summed E-state index contributed by atoms with van der Waals surface area (Å²) in [6.45, 7) is 0.0444. The van der Waals surface area contributed by atoms with Crippen LogP contribution in [0.15, 0.2) is 27.8 Å². The molecule has 0 heterocycles. The Morgan fingerprint density at radius 3 is 2.44 bits per heavy atom. The highest BCUT2D eigenvalue weighted by Crippen LogP contribution is 2.23. The summed E-state index contributed by atoms with van der Waals surface area (Å²) in [4.78, 5) is 22.0. The standard InChI is InChI=1S/C11H10FN3O2.ClH/c12-7-5(4-13)2-1-3-6(7)15-9-8(14)10(16)11(9)17;/h1-3,15H,4,13-14H2;1H. The highest BCUT2D eigenvalue weighted by atomic mass is 35.5. The van der Waals surface area contributed by atoms with Gasteiger partial charge in [-0.15, -0.1) is 12.4 Å². The molecule has 0 atom stereocenters. The Balaban J connectivity index is 0.00000162. The van der Waals surface area contributed by atoms with Crippen molar-refractivity contribution >= 4 is 29.5 Å². The van der Waals surface area contributed by atoms with E-state index in [0.29, 0.717) is 5.56 Å². The van der Waals surface area contributed by atoms with E-state index in [1.165, 1.54) is 12.1 Å². The molecule has 0 unspecified atom stereocenters. The molecule has 0 radical (unpaired) electrons. The van der Waals surface area contributed by atoms with Gasteiger partial charge in [-0.3, -0.25) is 9.59 Å². The van der Waals surface area contributed by atoms with E-state index in [4.69, 9.17) is 11.5 Å². The summed E-state index contributed by atoms with van der Waals surface area (Å²) in [5.74, 6) is -0.553. The first-order chi connectivity index (χ1) is 8.06. The maximum absolute atomic E-state index is 13.7. The van der Waals surface area contributed by atoms with Gasteiger partial charge in [0.05, 0.1) is 5.69 Å². The number of benzene rings is 1. The van der Waals surface area contributed by atoms with Crippen molar-refractivity contribution in [1.82, 2.24) is 0 Å². The molecule has 0 saturated carbocycles. The molecule has 0 bridgehead atoms. The van der Waals surface area contributed by atoms with Gasteiger partial charge in [0, 0.05) is 12.1 Å². The van der Waals surface area contributed by atoms with Crippen molar-refractivity contribution in [1.29, 1.82) is 0 Å². The molecule has 7 heteroatoms. The third-order valence-electron chi connectivity index (χ3n) is 2.51. The zero-order valence-corrected chi connectivity index (χ0v) is 10.0. The van der Waals surface area contributed by atoms with Crippen LogP contribution in [0.25, 0.3) is 0 Å². The van der Waals surface area contributed by atoms with Crippen LogP contribution in [-0.2, 0) is 6.54 Å². The van der Waals surface area contributed by atoms with Crippen LogP contribution >= 0.6 is 12.4 Å². The average Bonchev–Trinajstić information content (AvgIpc) is 2.36. The number of hydrogen-bond donors (Lipinski definition) is 3. The normalized spacial score (nSPS) is 10.1. The molecule has 2 rings (SSSR count). The van der Waals surface area contributed by atoms with Crippen LogP contribution in [0.4, 0.5) is 21.5 Å². The molecular formula is C11H11ClFN3O2. The largest absolute Gasteiger partial charge is 0.394 e. The Morgan fingerprint density at radius 1 is 1.22 bits per heavy atom. The van der Waals surface area contributed by atoms with Gasteiger partial charge < -0.3 is 16.8 Å². The number of nitrogens with one attached hydrogen (secondary N) is 1. The van der Waals surface area contributed by atoms with E-state index < -0.39 is 16.7 Å². The average molecular weight is 272 g/mol. The number of nitrogens with two attached hydrogens (primary N) is 2. The van der Waals surface area contributed by atoms with Gasteiger partial charge in [0.25, 0.3) is 10.9 Å². The lowest BCUT2D eigenvalue weighted by atomic mass is 10.1. The molecule has 0 aliphatic carbocycles. The quantitative estimate of drug-likeness (QED) is 0.711. The summed E-state index contributed by atoms with van der Waals surface area (Å²) >= 11 is 0. The third kappa shape index (κ3) is 2.07. The van der Waals surface area contributed by atoms with Crippen molar-refractivity contribution in [3.63, 3.8) is 0 Å². The SMILES string of the molecule is Cl.NCc1cccc(Nc2c(N)c(=O)c2=O)c1F. The van der Waals surface area contributed by atoms with Gasteiger partial charge in [-0.25, -0.2) is 4.39 Å². The highest BCUT2D eigenvalue weighted by Gasteiger charge is 2.19. The molecule has 0 aliphatic rings. The smallest absolute Gasteiger partial charge is 0.253 e. The summed E-state index contributed by atoms with van der Waals surface area (Å²) in [5.41, 5.74) is 9.34. The van der Waals surface area contributed by atoms with Crippen LogP contribution < -0.4 is 27.6 Å². The fourth-order valence-electron chi connectivity index (χ4n) is 1.50. The van der Waals surface area contributed by atoms with Crippen LogP contribution in [0.3, 0.4) is 0 Å². The summed E-state index contributed by atoms with van der Waals surface area (Å²) in [7, 11) is 0. The Morgan fingerprint density at radius 2 is 1.89 bits per heavy atom. The Labute approximate surface area is 108 Å². The molecule has 0 amide bonds. The van der Waals surface area contributed by atoms with Crippen LogP contribution in [0.5, 0.6) is 0 Å². The van der Waals surface area contributed by atoms with Gasteiger partial charge >= 0.3 is 0 Å². The van der Waals surface area contributed by atoms with E-state index in [0.717, 1.165) is 0 Å². The van der Waals surface area contributed by atoms with Crippen LogP contribution in [0.2, 0.25) is 0 Å². The molecule has 0 spiro atoms. The van der Waals surface area contributed by atoms with Crippen LogP contribution in [-0.4, -0.2) is 0 Å². The van der Waals surface area contributed by atoms with E-state index in [1.807, 2.05) is 0 Å². The van der Waals surface area contributed by atoms with Gasteiger partial charge in [0.1, 0.15) is 11.4 Å². The molecule has 0 saturated heterocycles. The van der Waals surface area contributed by atoms with E-state index in [2.05, 4.69) is 5.32 Å². The van der Waals surface area contributed by atoms with E-state index in [9.17, 15) is 14.0 Å². The number of hydrogen-bond acceptors (Lipinski definition) is 5. The van der Waals surface area contributed by atoms with Crippen LogP contribution in [0.1, 0.15) is 5.56 Å². The van der Waals surface area contributed by atoms with Crippen LogP contribution in [0, 0.1) is 5.82 Å². The number of rotatable bonds is 3. The third-order valence-corrected chi connectivity index (χ3v) is 2.51. The lowest BCUT2D eigenvalue weighted by Gasteiger charge is -2.12. The van der Waals surface area contributed by atoms with Gasteiger partial charge in [-0.2, -0.15) is 0 Å². The Bertz CT molecular complexity index is 650. The topological polar surface area (TPSA) is 98.2 Å². The first-order valence-electron chi connectivity index (χ1n) is 4.89. The monoisotopic (exact) mass is 271 g/mol. The predicted molar refractivity (Wildman–Crippen MR) is 70.6 cm³/mol. The summed E-state index contributed by atoms with van der Waals surface area (Å²) in [5, 5.41) is 2.50. The second-order valence-electron chi connectivity index (χ2n) is 3.55. The molecule has 5 N–H and O–H groups in total. The summed E-state index contributed by atoms with van der Waals surface area (Å²) < 4.78 is 13.7. The Kier molecular flexibility index (Phi) is 4.05. The predicted octanol–water partition coefficient (Wildman–Crippen LogP) is 0.628. The molecule has 5 nitrogen and oxygen atoms in total. The van der Waals surface area contributed by atoms with Crippen molar-refractivity contribution in [2.75, 3.05) is 11.1 Å². The zero-order chi connectivity index (χ0) is 12.6. The molecule has 2 aromatic rings. The highest BCUT2D eigenvalue weighted by molar-refractivity contribution is 5.85. The lowest BCUT2D eigenvalue weighted by molar-refractivity contribution is 0.615. The fraction of sp³-hybridized carbons (Fsp3) is 0.0909. The molecule has 0 aromatic heterocycles. The number of nitrogen functional groups attached to an aromatic ring is 1. The molecule has 0 fully saturated rings. The first kappa shape index (κ1) is 14.1. The summed E-state index contributed by atoms with van der Waals surface area (Å²) in [6, 6.07) is 4.56. The zero-order valence-electron chi connectivity index (χ0n) is 9.20. The summed E-state index contributed by atoms with van der Waals surface area (Å²) in [6.07, 6.45) is 0. The van der Waals surface area contributed by atoms with Crippen molar-refractivity contribution in [3.8, 4) is 0 Å².